The normalized spacial score (nSPS) is 13.4. The molecule has 0 fully saturated rings. The lowest BCUT2D eigenvalue weighted by Crippen LogP contribution is -2.10. The second-order valence-electron chi connectivity index (χ2n) is 6.42. The molecule has 1 aromatic carbocycles. The fourth-order valence-electron chi connectivity index (χ4n) is 3.42. The van der Waals surface area contributed by atoms with Gasteiger partial charge < -0.3 is 15.2 Å². The molecule has 3 aromatic rings. The van der Waals surface area contributed by atoms with Gasteiger partial charge in [-0.1, -0.05) is 12.1 Å². The number of aryl methyl sites for hydroxylation is 2. The number of nitrogens with two attached hydrogens (primary N) is 1. The Morgan fingerprint density at radius 1 is 1.22 bits per heavy atom. The Hall–Kier alpha value is -2.67. The summed E-state index contributed by atoms with van der Waals surface area (Å²) in [7, 11) is 0. The number of para-hydroxylation sites is 1. The monoisotopic (exact) mass is 383 g/mol. The summed E-state index contributed by atoms with van der Waals surface area (Å²) >= 11 is 1.68. The number of carbonyl (C=O) groups is 1. The molecule has 0 amide bonds. The van der Waals surface area contributed by atoms with Crippen molar-refractivity contribution in [3.63, 3.8) is 0 Å². The molecule has 140 valence electrons. The molecular formula is C20H21N3O3S. The number of nitrogen functional groups attached to an aromatic ring is 1. The predicted molar refractivity (Wildman–Crippen MR) is 105 cm³/mol. The highest BCUT2D eigenvalue weighted by Gasteiger charge is 2.21. The number of fused-ring (bicyclic) bond motifs is 3. The van der Waals surface area contributed by atoms with Gasteiger partial charge in [0.15, 0.2) is 12.4 Å². The number of nitrogens with zero attached hydrogens (tertiary/aromatic N) is 2. The molecule has 0 atom stereocenters. The Morgan fingerprint density at radius 2 is 2.04 bits per heavy atom. The molecule has 0 saturated carbocycles. The first kappa shape index (κ1) is 17.7. The molecule has 0 spiro atoms. The average molecular weight is 383 g/mol. The van der Waals surface area contributed by atoms with Gasteiger partial charge in [-0.3, -0.25) is 0 Å². The summed E-state index contributed by atoms with van der Waals surface area (Å²) in [5.74, 6) is 0.930. The van der Waals surface area contributed by atoms with Crippen molar-refractivity contribution in [3.05, 3.63) is 46.1 Å². The van der Waals surface area contributed by atoms with Crippen LogP contribution >= 0.6 is 11.3 Å². The van der Waals surface area contributed by atoms with E-state index in [-0.39, 0.29) is 6.61 Å². The molecule has 6 nitrogen and oxygen atoms in total. The lowest BCUT2D eigenvalue weighted by Gasteiger charge is -2.11. The van der Waals surface area contributed by atoms with E-state index < -0.39 is 5.97 Å². The highest BCUT2D eigenvalue weighted by Crippen LogP contribution is 2.37. The van der Waals surface area contributed by atoms with Crippen LogP contribution in [0.1, 0.15) is 46.4 Å². The predicted octanol–water partition coefficient (Wildman–Crippen LogP) is 3.91. The van der Waals surface area contributed by atoms with Gasteiger partial charge in [0.1, 0.15) is 22.0 Å². The van der Waals surface area contributed by atoms with Gasteiger partial charge >= 0.3 is 5.97 Å². The number of benzene rings is 1. The van der Waals surface area contributed by atoms with E-state index in [0.29, 0.717) is 29.6 Å². The van der Waals surface area contributed by atoms with Crippen LogP contribution in [0, 0.1) is 0 Å². The second kappa shape index (κ2) is 7.52. The average Bonchev–Trinajstić information content (AvgIpc) is 3.05. The van der Waals surface area contributed by atoms with Gasteiger partial charge in [0, 0.05) is 4.88 Å². The quantitative estimate of drug-likeness (QED) is 0.672. The number of ether oxygens (including phenoxy) is 2. The van der Waals surface area contributed by atoms with Crippen molar-refractivity contribution in [2.45, 2.75) is 39.2 Å². The van der Waals surface area contributed by atoms with Gasteiger partial charge in [-0.15, -0.1) is 11.3 Å². The summed E-state index contributed by atoms with van der Waals surface area (Å²) in [5.41, 5.74) is 7.89. The molecule has 7 heteroatoms. The minimum Gasteiger partial charge on any atom is -0.493 e. The maximum atomic E-state index is 12.4. The molecule has 1 aliphatic rings. The van der Waals surface area contributed by atoms with Gasteiger partial charge in [-0.2, -0.15) is 0 Å². The van der Waals surface area contributed by atoms with Crippen molar-refractivity contribution in [2.24, 2.45) is 0 Å². The minimum absolute atomic E-state index is 0.0258. The highest BCUT2D eigenvalue weighted by molar-refractivity contribution is 7.19. The van der Waals surface area contributed by atoms with E-state index in [0.717, 1.165) is 23.1 Å². The van der Waals surface area contributed by atoms with Crippen LogP contribution in [-0.4, -0.2) is 22.5 Å². The molecule has 0 unspecified atom stereocenters. The number of carbonyl (C=O) groups excluding carboxylic acids is 1. The number of rotatable bonds is 5. The van der Waals surface area contributed by atoms with Gasteiger partial charge in [0.2, 0.25) is 0 Å². The standard InChI is InChI=1S/C20H21N3O3S/c1-2-25-14-9-5-3-7-12(14)20(24)26-11-16-22-18(21)17-13-8-4-6-10-15(13)27-19(17)23-16/h3,5,7,9H,2,4,6,8,10-11H2,1H3,(H2,21,22,23). The fraction of sp³-hybridized carbons (Fsp3) is 0.350. The van der Waals surface area contributed by atoms with Gasteiger partial charge in [-0.25, -0.2) is 14.8 Å². The first-order valence-corrected chi connectivity index (χ1v) is 9.94. The topological polar surface area (TPSA) is 87.3 Å². The molecule has 0 bridgehead atoms. The lowest BCUT2D eigenvalue weighted by molar-refractivity contribution is 0.0458. The Kier molecular flexibility index (Phi) is 4.94. The van der Waals surface area contributed by atoms with Crippen molar-refractivity contribution in [1.29, 1.82) is 0 Å². The van der Waals surface area contributed by atoms with Crippen LogP contribution in [0.4, 0.5) is 5.82 Å². The van der Waals surface area contributed by atoms with E-state index in [9.17, 15) is 4.79 Å². The molecule has 0 saturated heterocycles. The fourth-order valence-corrected chi connectivity index (χ4v) is 4.71. The Balaban J connectivity index is 1.55. The summed E-state index contributed by atoms with van der Waals surface area (Å²) in [6, 6.07) is 7.02. The van der Waals surface area contributed by atoms with Gasteiger partial charge in [0.05, 0.1) is 12.0 Å². The molecule has 2 heterocycles. The number of aromatic nitrogens is 2. The molecule has 1 aliphatic carbocycles. The third kappa shape index (κ3) is 3.47. The summed E-state index contributed by atoms with van der Waals surface area (Å²) < 4.78 is 10.9. The zero-order valence-corrected chi connectivity index (χ0v) is 16.0. The Bertz CT molecular complexity index is 1000. The van der Waals surface area contributed by atoms with Crippen molar-refractivity contribution >= 4 is 33.3 Å². The van der Waals surface area contributed by atoms with Gasteiger partial charge in [-0.05, 0) is 50.3 Å². The van der Waals surface area contributed by atoms with Crippen molar-refractivity contribution in [3.8, 4) is 5.75 Å². The first-order chi connectivity index (χ1) is 13.2. The molecule has 2 N–H and O–H groups in total. The first-order valence-electron chi connectivity index (χ1n) is 9.13. The van der Waals surface area contributed by atoms with Crippen LogP contribution in [-0.2, 0) is 24.2 Å². The van der Waals surface area contributed by atoms with E-state index in [4.69, 9.17) is 15.2 Å². The third-order valence-electron chi connectivity index (χ3n) is 4.63. The zero-order valence-electron chi connectivity index (χ0n) is 15.2. The summed E-state index contributed by atoms with van der Waals surface area (Å²) in [5, 5.41) is 0.978. The van der Waals surface area contributed by atoms with Crippen molar-refractivity contribution in [1.82, 2.24) is 9.97 Å². The second-order valence-corrected chi connectivity index (χ2v) is 7.51. The summed E-state index contributed by atoms with van der Waals surface area (Å²) in [6.45, 7) is 2.32. The third-order valence-corrected chi connectivity index (χ3v) is 5.81. The van der Waals surface area contributed by atoms with E-state index in [2.05, 4.69) is 9.97 Å². The molecule has 27 heavy (non-hydrogen) atoms. The molecular weight excluding hydrogens is 362 g/mol. The smallest absolute Gasteiger partial charge is 0.342 e. The maximum Gasteiger partial charge on any atom is 0.342 e. The largest absolute Gasteiger partial charge is 0.493 e. The molecule has 0 aliphatic heterocycles. The van der Waals surface area contributed by atoms with E-state index in [1.54, 1.807) is 29.5 Å². The minimum atomic E-state index is -0.466. The van der Waals surface area contributed by atoms with Crippen LogP contribution in [0.15, 0.2) is 24.3 Å². The van der Waals surface area contributed by atoms with Crippen LogP contribution in [0.3, 0.4) is 0 Å². The number of esters is 1. The molecule has 4 rings (SSSR count). The zero-order chi connectivity index (χ0) is 18.8. The summed E-state index contributed by atoms with van der Waals surface area (Å²) in [6.07, 6.45) is 4.49. The van der Waals surface area contributed by atoms with Crippen LogP contribution in [0.2, 0.25) is 0 Å². The molecule has 2 aromatic heterocycles. The number of thiophene rings is 1. The highest BCUT2D eigenvalue weighted by atomic mass is 32.1. The van der Waals surface area contributed by atoms with E-state index in [1.807, 2.05) is 13.0 Å². The lowest BCUT2D eigenvalue weighted by atomic mass is 9.97. The number of anilines is 1. The number of hydrogen-bond donors (Lipinski definition) is 1. The maximum absolute atomic E-state index is 12.4. The van der Waals surface area contributed by atoms with Crippen LogP contribution < -0.4 is 10.5 Å². The molecule has 0 radical (unpaired) electrons. The van der Waals surface area contributed by atoms with Gasteiger partial charge in [0.25, 0.3) is 0 Å². The Morgan fingerprint density at radius 3 is 2.89 bits per heavy atom. The van der Waals surface area contributed by atoms with E-state index in [1.165, 1.54) is 23.3 Å². The number of hydrogen-bond acceptors (Lipinski definition) is 7. The SMILES string of the molecule is CCOc1ccccc1C(=O)OCc1nc(N)c2c3c(sc2n1)CCCC3. The van der Waals surface area contributed by atoms with Crippen LogP contribution in [0.5, 0.6) is 5.75 Å². The van der Waals surface area contributed by atoms with Crippen molar-refractivity contribution < 1.29 is 14.3 Å². The van der Waals surface area contributed by atoms with Crippen LogP contribution in [0.25, 0.3) is 10.2 Å². The van der Waals surface area contributed by atoms with Crippen molar-refractivity contribution in [2.75, 3.05) is 12.3 Å². The Labute approximate surface area is 161 Å². The summed E-state index contributed by atoms with van der Waals surface area (Å²) in [4.78, 5) is 23.6. The van der Waals surface area contributed by atoms with E-state index >= 15 is 0 Å².